The molecular formula is C45H54N9O8+. The molecule has 0 saturated carbocycles. The lowest BCUT2D eigenvalue weighted by Gasteiger charge is -2.26. The van der Waals surface area contributed by atoms with Crippen molar-refractivity contribution in [2.24, 2.45) is 21.5 Å². The number of ketones is 4. The number of likely N-dealkylation sites (N-methyl/N-ethyl adjacent to an activating group) is 1. The Morgan fingerprint density at radius 3 is 1.11 bits per heavy atom. The molecule has 0 heterocycles. The van der Waals surface area contributed by atoms with Crippen molar-refractivity contribution in [1.82, 2.24) is 0 Å². The number of nitrogens with one attached hydrogen (secondary N) is 4. The minimum atomic E-state index is -0.584. The van der Waals surface area contributed by atoms with Crippen molar-refractivity contribution in [3.8, 4) is 23.0 Å². The van der Waals surface area contributed by atoms with Gasteiger partial charge in [-0.25, -0.2) is 0 Å². The number of anilines is 4. The van der Waals surface area contributed by atoms with E-state index in [2.05, 4.69) is 31.3 Å². The van der Waals surface area contributed by atoms with Crippen molar-refractivity contribution in [1.29, 1.82) is 0 Å². The van der Waals surface area contributed by atoms with E-state index >= 15 is 0 Å². The third kappa shape index (κ3) is 9.27. The third-order valence-corrected chi connectivity index (χ3v) is 10.6. The van der Waals surface area contributed by atoms with Gasteiger partial charge >= 0.3 is 0 Å². The third-order valence-electron chi connectivity index (χ3n) is 10.6. The summed E-state index contributed by atoms with van der Waals surface area (Å²) < 4.78 is 0.675. The Morgan fingerprint density at radius 2 is 0.806 bits per heavy atom. The first-order valence-electron chi connectivity index (χ1n) is 20.5. The van der Waals surface area contributed by atoms with Crippen molar-refractivity contribution in [2.45, 2.75) is 32.6 Å². The first kappa shape index (κ1) is 44.4. The van der Waals surface area contributed by atoms with Gasteiger partial charge in [0, 0.05) is 55.2 Å². The van der Waals surface area contributed by atoms with E-state index < -0.39 is 23.1 Å². The molecule has 17 heteroatoms. The Labute approximate surface area is 359 Å². The standard InChI is InChI=1S/C45H53N9O8/c1-5-48-24-10-14-28(55)38-34(24)42(59)39-29(56)15-11-25(35(39)43(38)60)49-18-20-52-32(46)8-6-7-9-33(47)53-21-19-50-26-12-16-30(57)40-36(26)44(61)41-31(58)17-13-27(37(41)45(40)62)51-22-23-54(2,3)4/h10-17H,5-9,18-23H2,1-4H3,(H11-,46,47,48,49,50,51,52,53,55,56,57,58,59,60,61,62)/p+1. The summed E-state index contributed by atoms with van der Waals surface area (Å²) in [5.74, 6) is -2.78. The second-order valence-electron chi connectivity index (χ2n) is 16.1. The number of carbonyl (C=O) groups is 4. The average Bonchev–Trinajstić information content (AvgIpc) is 3.22. The van der Waals surface area contributed by atoms with Crippen molar-refractivity contribution in [3.63, 3.8) is 0 Å². The van der Waals surface area contributed by atoms with E-state index in [1.54, 1.807) is 6.07 Å². The van der Waals surface area contributed by atoms with Crippen LogP contribution >= 0.6 is 0 Å². The van der Waals surface area contributed by atoms with Crippen LogP contribution in [0.25, 0.3) is 0 Å². The molecule has 326 valence electrons. The second kappa shape index (κ2) is 18.6. The molecule has 12 N–H and O–H groups in total. The molecule has 0 amide bonds. The molecule has 2 aliphatic rings. The van der Waals surface area contributed by atoms with Crippen LogP contribution < -0.4 is 32.7 Å². The zero-order chi connectivity index (χ0) is 44.9. The van der Waals surface area contributed by atoms with Gasteiger partial charge < -0.3 is 57.6 Å². The first-order valence-corrected chi connectivity index (χ1v) is 20.5. The fourth-order valence-corrected chi connectivity index (χ4v) is 7.59. The van der Waals surface area contributed by atoms with Crippen molar-refractivity contribution < 1.29 is 44.1 Å². The number of nitrogens with zero attached hydrogens (tertiary/aromatic N) is 3. The summed E-state index contributed by atoms with van der Waals surface area (Å²) in [5, 5.41) is 55.2. The predicted octanol–water partition coefficient (Wildman–Crippen LogP) is 4.41. The van der Waals surface area contributed by atoms with Gasteiger partial charge in [-0.3, -0.25) is 29.2 Å². The lowest BCUT2D eigenvalue weighted by Crippen LogP contribution is -2.38. The molecule has 62 heavy (non-hydrogen) atoms. The number of carbonyl (C=O) groups excluding carboxylic acids is 4. The monoisotopic (exact) mass is 848 g/mol. The molecule has 0 bridgehead atoms. The van der Waals surface area contributed by atoms with Gasteiger partial charge in [0.1, 0.15) is 23.0 Å². The fourth-order valence-electron chi connectivity index (χ4n) is 7.59. The maximum atomic E-state index is 13.8. The summed E-state index contributed by atoms with van der Waals surface area (Å²) in [4.78, 5) is 63.7. The molecule has 4 aromatic carbocycles. The first-order chi connectivity index (χ1) is 29.5. The van der Waals surface area contributed by atoms with Crippen LogP contribution in [0.3, 0.4) is 0 Å². The molecular weight excluding hydrogens is 795 g/mol. The lowest BCUT2D eigenvalue weighted by atomic mass is 9.81. The number of hydrogen-bond acceptors (Lipinski definition) is 14. The van der Waals surface area contributed by atoms with Gasteiger partial charge in [0.15, 0.2) is 0 Å². The Bertz CT molecular complexity index is 2510. The summed E-state index contributed by atoms with van der Waals surface area (Å²) in [6, 6.07) is 11.5. The number of benzene rings is 4. The molecule has 0 spiro atoms. The van der Waals surface area contributed by atoms with Crippen molar-refractivity contribution in [3.05, 3.63) is 93.0 Å². The number of amidine groups is 2. The Morgan fingerprint density at radius 1 is 0.500 bits per heavy atom. The van der Waals surface area contributed by atoms with Crippen LogP contribution in [-0.2, 0) is 0 Å². The molecule has 0 atom stereocenters. The summed E-state index contributed by atoms with van der Waals surface area (Å²) >= 11 is 0. The molecule has 0 aromatic heterocycles. The molecule has 2 aliphatic carbocycles. The van der Waals surface area contributed by atoms with Gasteiger partial charge in [-0.15, -0.1) is 0 Å². The molecule has 0 unspecified atom stereocenters. The zero-order valence-electron chi connectivity index (χ0n) is 35.3. The molecule has 0 fully saturated rings. The van der Waals surface area contributed by atoms with E-state index in [4.69, 9.17) is 11.5 Å². The molecule has 0 aliphatic heterocycles. The minimum absolute atomic E-state index is 0.0186. The average molecular weight is 849 g/mol. The predicted molar refractivity (Wildman–Crippen MR) is 240 cm³/mol. The molecule has 6 rings (SSSR count). The van der Waals surface area contributed by atoms with Gasteiger partial charge in [0.2, 0.25) is 23.1 Å². The number of unbranched alkanes of at least 4 members (excludes halogenated alkanes) is 1. The normalized spacial score (nSPS) is 13.6. The van der Waals surface area contributed by atoms with Crippen molar-refractivity contribution in [2.75, 3.05) is 88.2 Å². The minimum Gasteiger partial charge on any atom is -0.507 e. The zero-order valence-corrected chi connectivity index (χ0v) is 35.3. The number of fused-ring (bicyclic) bond motifs is 4. The van der Waals surface area contributed by atoms with E-state index in [1.807, 2.05) is 28.1 Å². The van der Waals surface area contributed by atoms with Crippen LogP contribution in [0.5, 0.6) is 23.0 Å². The van der Waals surface area contributed by atoms with Crippen molar-refractivity contribution >= 4 is 57.6 Å². The number of aromatic hydroxyl groups is 4. The maximum Gasteiger partial charge on any atom is 0.200 e. The highest BCUT2D eigenvalue weighted by molar-refractivity contribution is 6.34. The highest BCUT2D eigenvalue weighted by atomic mass is 16.3. The van der Waals surface area contributed by atoms with E-state index in [0.717, 1.165) is 6.54 Å². The summed E-state index contributed by atoms with van der Waals surface area (Å²) in [7, 11) is 6.10. The van der Waals surface area contributed by atoms with E-state index in [1.165, 1.54) is 42.5 Å². The number of hydrogen-bond donors (Lipinski definition) is 10. The number of phenols is 4. The van der Waals surface area contributed by atoms with Gasteiger partial charge in [-0.05, 0) is 68.3 Å². The van der Waals surface area contributed by atoms with E-state index in [0.29, 0.717) is 77.7 Å². The van der Waals surface area contributed by atoms with Gasteiger partial charge in [-0.1, -0.05) is 0 Å². The molecule has 17 nitrogen and oxygen atoms in total. The number of phenolic OH excluding ortho intramolecular Hbond substituents is 4. The van der Waals surface area contributed by atoms with E-state index in [9.17, 15) is 39.6 Å². The van der Waals surface area contributed by atoms with Gasteiger partial charge in [-0.2, -0.15) is 0 Å². The Kier molecular flexibility index (Phi) is 13.4. The van der Waals surface area contributed by atoms with Crippen LogP contribution in [-0.4, -0.2) is 127 Å². The SMILES string of the molecule is CCNc1ccc(O)c2c1C(=O)c1c(O)ccc(NCCN=C(N)CCCCC(N)=NCCNc3ccc(O)c4c3C(=O)c3c(O)ccc(NCC[N+](C)(C)C)c3C4=O)c1C2=O. The second-order valence-corrected chi connectivity index (χ2v) is 16.1. The maximum absolute atomic E-state index is 13.8. The van der Waals surface area contributed by atoms with Crippen LogP contribution in [0.15, 0.2) is 58.5 Å². The molecule has 0 radical (unpaired) electrons. The van der Waals surface area contributed by atoms with Crippen LogP contribution in [0.2, 0.25) is 0 Å². The smallest absolute Gasteiger partial charge is 0.200 e. The summed E-state index contributed by atoms with van der Waals surface area (Å²) in [6.07, 6.45) is 2.39. The Hall–Kier alpha value is -7.14. The fraction of sp³-hybridized carbons (Fsp3) is 0.333. The number of rotatable bonds is 19. The van der Waals surface area contributed by atoms with E-state index in [-0.39, 0.29) is 93.7 Å². The van der Waals surface area contributed by atoms with Crippen LogP contribution in [0.4, 0.5) is 22.7 Å². The van der Waals surface area contributed by atoms with Gasteiger partial charge in [0.25, 0.3) is 0 Å². The van der Waals surface area contributed by atoms with Gasteiger partial charge in [0.05, 0.1) is 104 Å². The van der Waals surface area contributed by atoms with Crippen LogP contribution in [0, 0.1) is 0 Å². The quantitative estimate of drug-likeness (QED) is 0.0178. The highest BCUT2D eigenvalue weighted by Gasteiger charge is 2.39. The molecule has 4 aromatic rings. The lowest BCUT2D eigenvalue weighted by molar-refractivity contribution is -0.868. The highest BCUT2D eigenvalue weighted by Crippen LogP contribution is 2.44. The number of nitrogens with two attached hydrogens (primary N) is 2. The summed E-state index contributed by atoms with van der Waals surface area (Å²) in [6.45, 7) is 4.63. The number of aliphatic imine (C=N–C) groups is 2. The molecule has 0 saturated heterocycles. The number of quaternary nitrogens is 1. The summed E-state index contributed by atoms with van der Waals surface area (Å²) in [5.41, 5.74) is 13.3. The topological polar surface area (TPSA) is 274 Å². The van der Waals surface area contributed by atoms with Crippen LogP contribution in [0.1, 0.15) is 96.3 Å². The Balaban J connectivity index is 0.977. The largest absolute Gasteiger partial charge is 0.507 e.